The van der Waals surface area contributed by atoms with E-state index in [4.69, 9.17) is 0 Å². The quantitative estimate of drug-likeness (QED) is 0.877. The predicted octanol–water partition coefficient (Wildman–Crippen LogP) is 2.42. The second-order valence-corrected chi connectivity index (χ2v) is 6.33. The number of aryl methyl sites for hydroxylation is 1. The highest BCUT2D eigenvalue weighted by atomic mass is 16.4. The summed E-state index contributed by atoms with van der Waals surface area (Å²) in [6, 6.07) is 3.77. The number of carbonyl (C=O) groups is 2. The minimum Gasteiger partial charge on any atom is -0.508 e. The molecule has 114 valence electrons. The van der Waals surface area contributed by atoms with Crippen LogP contribution in [0.2, 0.25) is 0 Å². The number of piperidine rings is 1. The summed E-state index contributed by atoms with van der Waals surface area (Å²) in [6.45, 7) is 5.92. The van der Waals surface area contributed by atoms with Crippen LogP contribution in [0.5, 0.6) is 5.75 Å². The molecule has 0 aromatic heterocycles. The molecular weight excluding hydrogens is 270 g/mol. The number of nitrogens with zero attached hydrogens (tertiary/aromatic N) is 1. The Morgan fingerprint density at radius 2 is 2.00 bits per heavy atom. The van der Waals surface area contributed by atoms with E-state index in [0.29, 0.717) is 17.7 Å². The molecule has 1 aliphatic heterocycles. The third-order valence-corrected chi connectivity index (χ3v) is 4.21. The minimum absolute atomic E-state index is 0.125. The molecule has 1 aromatic carbocycles. The van der Waals surface area contributed by atoms with Crippen LogP contribution in [-0.2, 0) is 4.79 Å². The number of amides is 1. The fraction of sp³-hybridized carbons (Fsp3) is 0.500. The molecule has 2 N–H and O–H groups in total. The summed E-state index contributed by atoms with van der Waals surface area (Å²) < 4.78 is 0. The van der Waals surface area contributed by atoms with Gasteiger partial charge in [-0.05, 0) is 48.9 Å². The Balaban J connectivity index is 2.35. The Bertz CT molecular complexity index is 580. The molecule has 5 nitrogen and oxygen atoms in total. The molecule has 21 heavy (non-hydrogen) atoms. The first-order chi connectivity index (χ1) is 9.74. The van der Waals surface area contributed by atoms with Gasteiger partial charge in [-0.15, -0.1) is 0 Å². The van der Waals surface area contributed by atoms with E-state index in [1.54, 1.807) is 13.0 Å². The van der Waals surface area contributed by atoms with Crippen LogP contribution in [0.1, 0.15) is 42.6 Å². The smallest absolute Gasteiger partial charge is 0.326 e. The van der Waals surface area contributed by atoms with Gasteiger partial charge in [-0.2, -0.15) is 0 Å². The fourth-order valence-electron chi connectivity index (χ4n) is 3.03. The van der Waals surface area contributed by atoms with Crippen LogP contribution in [0.15, 0.2) is 18.2 Å². The lowest BCUT2D eigenvalue weighted by Gasteiger charge is -2.44. The van der Waals surface area contributed by atoms with Crippen molar-refractivity contribution in [3.05, 3.63) is 29.3 Å². The third-order valence-electron chi connectivity index (χ3n) is 4.21. The van der Waals surface area contributed by atoms with Crippen LogP contribution in [0, 0.1) is 12.3 Å². The van der Waals surface area contributed by atoms with E-state index in [1.807, 2.05) is 13.8 Å². The number of carboxylic acid groups (broad SMARTS) is 1. The van der Waals surface area contributed by atoms with Crippen molar-refractivity contribution in [2.24, 2.45) is 5.41 Å². The number of rotatable bonds is 2. The lowest BCUT2D eigenvalue weighted by molar-refractivity contribution is -0.148. The van der Waals surface area contributed by atoms with Crippen molar-refractivity contribution in [2.75, 3.05) is 6.54 Å². The van der Waals surface area contributed by atoms with Crippen molar-refractivity contribution in [3.63, 3.8) is 0 Å². The molecule has 0 saturated carbocycles. The lowest BCUT2D eigenvalue weighted by atomic mass is 9.76. The molecule has 1 saturated heterocycles. The predicted molar refractivity (Wildman–Crippen MR) is 78.3 cm³/mol. The molecule has 1 aliphatic rings. The average Bonchev–Trinajstić information content (AvgIpc) is 2.39. The van der Waals surface area contributed by atoms with Gasteiger partial charge in [0.15, 0.2) is 0 Å². The Hall–Kier alpha value is -2.04. The number of benzene rings is 1. The van der Waals surface area contributed by atoms with Crippen LogP contribution < -0.4 is 0 Å². The highest BCUT2D eigenvalue weighted by Crippen LogP contribution is 2.36. The Kier molecular flexibility index (Phi) is 3.94. The van der Waals surface area contributed by atoms with E-state index in [-0.39, 0.29) is 11.7 Å². The van der Waals surface area contributed by atoms with Gasteiger partial charge in [0.2, 0.25) is 0 Å². The third kappa shape index (κ3) is 2.86. The fourth-order valence-corrected chi connectivity index (χ4v) is 3.03. The van der Waals surface area contributed by atoms with Gasteiger partial charge in [0, 0.05) is 12.1 Å². The number of aromatic hydroxyl groups is 1. The van der Waals surface area contributed by atoms with Crippen LogP contribution >= 0.6 is 0 Å². The summed E-state index contributed by atoms with van der Waals surface area (Å²) in [6.07, 6.45) is 1.57. The number of carboxylic acids is 1. The maximum Gasteiger partial charge on any atom is 0.326 e. The molecule has 0 spiro atoms. The van der Waals surface area contributed by atoms with E-state index >= 15 is 0 Å². The zero-order valence-electron chi connectivity index (χ0n) is 12.6. The topological polar surface area (TPSA) is 77.8 Å². The molecule has 0 aliphatic carbocycles. The second kappa shape index (κ2) is 5.39. The molecule has 1 unspecified atom stereocenters. The van der Waals surface area contributed by atoms with Gasteiger partial charge < -0.3 is 15.1 Å². The number of hydrogen-bond donors (Lipinski definition) is 2. The molecule has 0 bridgehead atoms. The number of aliphatic carboxylic acids is 1. The van der Waals surface area contributed by atoms with Crippen molar-refractivity contribution in [1.82, 2.24) is 4.90 Å². The van der Waals surface area contributed by atoms with Crippen LogP contribution in [0.25, 0.3) is 0 Å². The Morgan fingerprint density at radius 1 is 1.33 bits per heavy atom. The maximum absolute atomic E-state index is 12.6. The van der Waals surface area contributed by atoms with Crippen LogP contribution in [-0.4, -0.2) is 39.6 Å². The molecule has 1 atom stereocenters. The second-order valence-electron chi connectivity index (χ2n) is 6.33. The van der Waals surface area contributed by atoms with Gasteiger partial charge in [-0.1, -0.05) is 13.8 Å². The summed E-state index contributed by atoms with van der Waals surface area (Å²) in [5.41, 5.74) is 0.560. The van der Waals surface area contributed by atoms with Crippen molar-refractivity contribution in [2.45, 2.75) is 39.7 Å². The zero-order chi connectivity index (χ0) is 15.8. The largest absolute Gasteiger partial charge is 0.508 e. The van der Waals surface area contributed by atoms with E-state index in [2.05, 4.69) is 0 Å². The molecule has 1 amide bonds. The average molecular weight is 291 g/mol. The number of likely N-dealkylation sites (tertiary alicyclic amines) is 1. The maximum atomic E-state index is 12.6. The van der Waals surface area contributed by atoms with Crippen molar-refractivity contribution in [3.8, 4) is 5.75 Å². The Labute approximate surface area is 124 Å². The monoisotopic (exact) mass is 291 g/mol. The van der Waals surface area contributed by atoms with E-state index in [1.165, 1.54) is 17.0 Å². The number of phenols is 1. The Morgan fingerprint density at radius 3 is 2.57 bits per heavy atom. The van der Waals surface area contributed by atoms with E-state index in [0.717, 1.165) is 12.8 Å². The molecule has 1 fully saturated rings. The van der Waals surface area contributed by atoms with Gasteiger partial charge in [-0.25, -0.2) is 4.79 Å². The van der Waals surface area contributed by atoms with Gasteiger partial charge in [0.25, 0.3) is 5.91 Å². The van der Waals surface area contributed by atoms with Gasteiger partial charge in [-0.3, -0.25) is 4.79 Å². The van der Waals surface area contributed by atoms with Crippen molar-refractivity contribution < 1.29 is 19.8 Å². The van der Waals surface area contributed by atoms with Gasteiger partial charge in [0.05, 0.1) is 0 Å². The normalized spacial score (nSPS) is 21.1. The zero-order valence-corrected chi connectivity index (χ0v) is 12.6. The van der Waals surface area contributed by atoms with Crippen LogP contribution in [0.4, 0.5) is 0 Å². The van der Waals surface area contributed by atoms with Gasteiger partial charge >= 0.3 is 5.97 Å². The highest BCUT2D eigenvalue weighted by molar-refractivity contribution is 5.97. The van der Waals surface area contributed by atoms with Crippen molar-refractivity contribution in [1.29, 1.82) is 0 Å². The highest BCUT2D eigenvalue weighted by Gasteiger charge is 2.44. The standard InChI is InChI=1S/C16H21NO4/c1-10-9-11(5-6-12(10)18)14(19)17-8-4-7-16(2,3)13(17)15(20)21/h5-6,9,13,18H,4,7-8H2,1-3H3,(H,20,21). The van der Waals surface area contributed by atoms with Crippen LogP contribution in [0.3, 0.4) is 0 Å². The first-order valence-electron chi connectivity index (χ1n) is 7.07. The first-order valence-corrected chi connectivity index (χ1v) is 7.07. The molecule has 1 aromatic rings. The summed E-state index contributed by atoms with van der Waals surface area (Å²) in [4.78, 5) is 25.7. The number of hydrogen-bond acceptors (Lipinski definition) is 3. The lowest BCUT2D eigenvalue weighted by Crippen LogP contribution is -2.56. The van der Waals surface area contributed by atoms with Gasteiger partial charge in [0.1, 0.15) is 11.8 Å². The van der Waals surface area contributed by atoms with E-state index in [9.17, 15) is 19.8 Å². The number of carbonyl (C=O) groups excluding carboxylic acids is 1. The molecule has 5 heteroatoms. The summed E-state index contributed by atoms with van der Waals surface area (Å²) in [7, 11) is 0. The van der Waals surface area contributed by atoms with Crippen molar-refractivity contribution >= 4 is 11.9 Å². The SMILES string of the molecule is Cc1cc(C(=O)N2CCCC(C)(C)C2C(=O)O)ccc1O. The summed E-state index contributed by atoms with van der Waals surface area (Å²) in [5, 5.41) is 19.0. The molecular formula is C16H21NO4. The first kappa shape index (κ1) is 15.4. The van der Waals surface area contributed by atoms with E-state index < -0.39 is 17.4 Å². The number of phenolic OH excluding ortho intramolecular Hbond substituents is 1. The minimum atomic E-state index is -0.969. The summed E-state index contributed by atoms with van der Waals surface area (Å²) >= 11 is 0. The summed E-state index contributed by atoms with van der Waals surface area (Å²) in [5.74, 6) is -1.14. The molecule has 2 rings (SSSR count). The molecule has 0 radical (unpaired) electrons. The molecule has 1 heterocycles.